The van der Waals surface area contributed by atoms with Gasteiger partial charge in [-0.1, -0.05) is 59.6 Å². The molecule has 0 aliphatic heterocycles. The van der Waals surface area contributed by atoms with E-state index in [2.05, 4.69) is 48.1 Å². The first-order chi connectivity index (χ1) is 5.81. The normalized spacial score (nSPS) is 16.8. The van der Waals surface area contributed by atoms with Crippen molar-refractivity contribution in [3.63, 3.8) is 0 Å². The third-order valence-corrected chi connectivity index (χ3v) is 4.07. The van der Waals surface area contributed by atoms with Crippen molar-refractivity contribution >= 4 is 0 Å². The number of rotatable bonds is 5. The molecule has 0 aliphatic carbocycles. The summed E-state index contributed by atoms with van der Waals surface area (Å²) in [7, 11) is 0. The van der Waals surface area contributed by atoms with Crippen LogP contribution in [0.3, 0.4) is 0 Å². The Labute approximate surface area is 84.4 Å². The molecule has 0 heteroatoms. The zero-order chi connectivity index (χ0) is 10.7. The summed E-state index contributed by atoms with van der Waals surface area (Å²) < 4.78 is 0. The van der Waals surface area contributed by atoms with Gasteiger partial charge in [0.25, 0.3) is 0 Å². The van der Waals surface area contributed by atoms with Gasteiger partial charge >= 0.3 is 0 Å². The van der Waals surface area contributed by atoms with Crippen LogP contribution in [0.5, 0.6) is 0 Å². The van der Waals surface area contributed by atoms with E-state index in [1.54, 1.807) is 0 Å². The van der Waals surface area contributed by atoms with Crippen molar-refractivity contribution in [1.82, 2.24) is 0 Å². The van der Waals surface area contributed by atoms with Crippen LogP contribution in [0, 0.1) is 10.8 Å². The van der Waals surface area contributed by atoms with Gasteiger partial charge in [0.15, 0.2) is 0 Å². The fraction of sp³-hybridized carbons (Fsp3) is 0.846. The van der Waals surface area contributed by atoms with Crippen LogP contribution in [-0.4, -0.2) is 0 Å². The van der Waals surface area contributed by atoms with Crippen molar-refractivity contribution in [1.29, 1.82) is 0 Å². The van der Waals surface area contributed by atoms with Crippen LogP contribution in [0.2, 0.25) is 0 Å². The van der Waals surface area contributed by atoms with Gasteiger partial charge in [0.2, 0.25) is 0 Å². The van der Waals surface area contributed by atoms with E-state index in [0.717, 1.165) is 0 Å². The molecule has 0 aromatic rings. The third kappa shape index (κ3) is 2.36. The Morgan fingerprint density at radius 1 is 1.15 bits per heavy atom. The Kier molecular flexibility index (Phi) is 4.22. The van der Waals surface area contributed by atoms with Crippen LogP contribution in [-0.2, 0) is 0 Å². The predicted octanol–water partition coefficient (Wildman–Crippen LogP) is 4.81. The smallest absolute Gasteiger partial charge is 0.00709 e. The van der Waals surface area contributed by atoms with Gasteiger partial charge in [-0.3, -0.25) is 0 Å². The highest BCUT2D eigenvalue weighted by molar-refractivity contribution is 5.11. The molecule has 1 unspecified atom stereocenters. The molecule has 1 atom stereocenters. The average Bonchev–Trinajstić information content (AvgIpc) is 2.04. The molecule has 0 saturated heterocycles. The van der Waals surface area contributed by atoms with Crippen molar-refractivity contribution in [2.45, 2.75) is 60.8 Å². The van der Waals surface area contributed by atoms with E-state index < -0.39 is 0 Å². The molecular formula is C13H26. The predicted molar refractivity (Wildman–Crippen MR) is 61.9 cm³/mol. The highest BCUT2D eigenvalue weighted by Gasteiger charge is 2.39. The Bertz CT molecular complexity index is 176. The second-order valence-corrected chi connectivity index (χ2v) is 5.10. The van der Waals surface area contributed by atoms with Crippen LogP contribution < -0.4 is 0 Å². The minimum absolute atomic E-state index is 0.302. The lowest BCUT2D eigenvalue weighted by Crippen LogP contribution is -2.35. The van der Waals surface area contributed by atoms with Crippen molar-refractivity contribution in [2.75, 3.05) is 0 Å². The van der Waals surface area contributed by atoms with Crippen LogP contribution in [0.25, 0.3) is 0 Å². The summed E-state index contributed by atoms with van der Waals surface area (Å²) in [5.41, 5.74) is 2.01. The molecule has 0 saturated carbocycles. The molecule has 0 fully saturated rings. The summed E-state index contributed by atoms with van der Waals surface area (Å²) in [5.74, 6) is 0. The fourth-order valence-corrected chi connectivity index (χ4v) is 2.02. The zero-order valence-corrected chi connectivity index (χ0v) is 10.3. The second-order valence-electron chi connectivity index (χ2n) is 5.10. The van der Waals surface area contributed by atoms with E-state index >= 15 is 0 Å². The molecule has 0 heterocycles. The molecule has 0 bridgehead atoms. The Balaban J connectivity index is 4.88. The SMILES string of the molecule is C=C(C)C(C)(CCC)C(C)(C)CC. The standard InChI is InChI=1S/C13H26/c1-8-10-13(7,11(3)4)12(5,6)9-2/h3,8-10H2,1-2,4-7H3. The van der Waals surface area contributed by atoms with Crippen LogP contribution in [0.1, 0.15) is 60.8 Å². The molecule has 0 aromatic heterocycles. The summed E-state index contributed by atoms with van der Waals surface area (Å²) in [5, 5.41) is 0. The Morgan fingerprint density at radius 3 is 1.85 bits per heavy atom. The van der Waals surface area contributed by atoms with Crippen LogP contribution in [0.4, 0.5) is 0 Å². The first kappa shape index (κ1) is 12.7. The maximum absolute atomic E-state index is 4.16. The zero-order valence-electron chi connectivity index (χ0n) is 10.3. The maximum atomic E-state index is 4.16. The molecule has 0 rings (SSSR count). The first-order valence-corrected chi connectivity index (χ1v) is 5.47. The molecule has 0 aliphatic rings. The molecule has 0 N–H and O–H groups in total. The lowest BCUT2D eigenvalue weighted by Gasteiger charge is -2.45. The molecule has 0 radical (unpaired) electrons. The minimum Gasteiger partial charge on any atom is -0.0996 e. The van der Waals surface area contributed by atoms with Gasteiger partial charge in [-0.05, 0) is 24.2 Å². The molecular weight excluding hydrogens is 156 g/mol. The molecule has 0 spiro atoms. The molecule has 13 heavy (non-hydrogen) atoms. The van der Waals surface area contributed by atoms with Crippen molar-refractivity contribution in [2.24, 2.45) is 10.8 Å². The van der Waals surface area contributed by atoms with Crippen LogP contribution in [0.15, 0.2) is 12.2 Å². The van der Waals surface area contributed by atoms with E-state index in [9.17, 15) is 0 Å². The summed E-state index contributed by atoms with van der Waals surface area (Å²) in [6.45, 7) is 17.9. The Morgan fingerprint density at radius 2 is 1.62 bits per heavy atom. The van der Waals surface area contributed by atoms with Gasteiger partial charge in [0.05, 0.1) is 0 Å². The van der Waals surface area contributed by atoms with Gasteiger partial charge < -0.3 is 0 Å². The summed E-state index contributed by atoms with van der Waals surface area (Å²) >= 11 is 0. The first-order valence-electron chi connectivity index (χ1n) is 5.47. The summed E-state index contributed by atoms with van der Waals surface area (Å²) in [4.78, 5) is 0. The van der Waals surface area contributed by atoms with Gasteiger partial charge in [-0.25, -0.2) is 0 Å². The minimum atomic E-state index is 0.302. The van der Waals surface area contributed by atoms with Gasteiger partial charge in [-0.15, -0.1) is 0 Å². The van der Waals surface area contributed by atoms with Crippen molar-refractivity contribution in [3.05, 3.63) is 12.2 Å². The maximum Gasteiger partial charge on any atom is -0.00709 e. The van der Waals surface area contributed by atoms with Crippen molar-refractivity contribution in [3.8, 4) is 0 Å². The second kappa shape index (κ2) is 4.30. The summed E-state index contributed by atoms with van der Waals surface area (Å²) in [6.07, 6.45) is 3.71. The van der Waals surface area contributed by atoms with E-state index in [-0.39, 0.29) is 0 Å². The quantitative estimate of drug-likeness (QED) is 0.535. The van der Waals surface area contributed by atoms with E-state index in [4.69, 9.17) is 0 Å². The number of hydrogen-bond donors (Lipinski definition) is 0. The highest BCUT2D eigenvalue weighted by atomic mass is 14.4. The number of hydrogen-bond acceptors (Lipinski definition) is 0. The summed E-state index contributed by atoms with van der Waals surface area (Å²) in [6, 6.07) is 0. The van der Waals surface area contributed by atoms with Gasteiger partial charge in [-0.2, -0.15) is 0 Å². The largest absolute Gasteiger partial charge is 0.0996 e. The highest BCUT2D eigenvalue weighted by Crippen LogP contribution is 2.49. The van der Waals surface area contributed by atoms with Crippen LogP contribution >= 0.6 is 0 Å². The topological polar surface area (TPSA) is 0 Å². The monoisotopic (exact) mass is 182 g/mol. The molecule has 78 valence electrons. The molecule has 0 aromatic carbocycles. The third-order valence-electron chi connectivity index (χ3n) is 4.07. The Hall–Kier alpha value is -0.260. The number of allylic oxidation sites excluding steroid dienone is 1. The van der Waals surface area contributed by atoms with E-state index in [1.165, 1.54) is 24.8 Å². The molecule has 0 amide bonds. The lowest BCUT2D eigenvalue weighted by atomic mass is 9.60. The lowest BCUT2D eigenvalue weighted by molar-refractivity contribution is 0.112. The fourth-order valence-electron chi connectivity index (χ4n) is 2.02. The average molecular weight is 182 g/mol. The van der Waals surface area contributed by atoms with Crippen molar-refractivity contribution < 1.29 is 0 Å². The van der Waals surface area contributed by atoms with E-state index in [0.29, 0.717) is 10.8 Å². The van der Waals surface area contributed by atoms with E-state index in [1.807, 2.05) is 0 Å². The van der Waals surface area contributed by atoms with Gasteiger partial charge in [0, 0.05) is 0 Å². The molecule has 0 nitrogen and oxygen atoms in total. The van der Waals surface area contributed by atoms with Gasteiger partial charge in [0.1, 0.15) is 0 Å².